The van der Waals surface area contributed by atoms with E-state index in [2.05, 4.69) is 4.98 Å². The Morgan fingerprint density at radius 3 is 2.59 bits per heavy atom. The summed E-state index contributed by atoms with van der Waals surface area (Å²) >= 11 is 1.68. The molecule has 136 valence electrons. The highest BCUT2D eigenvalue weighted by Crippen LogP contribution is 2.37. The van der Waals surface area contributed by atoms with Crippen molar-refractivity contribution in [2.24, 2.45) is 7.05 Å². The van der Waals surface area contributed by atoms with Gasteiger partial charge in [-0.1, -0.05) is 0 Å². The number of benzene rings is 2. The Morgan fingerprint density at radius 2 is 1.85 bits per heavy atom. The fraction of sp³-hybridized carbons (Fsp3) is 0.0952. The monoisotopic (exact) mass is 377 g/mol. The molecule has 0 spiro atoms. The molecule has 6 heteroatoms. The normalized spacial score (nSPS) is 11.0. The number of ether oxygens (including phenoxy) is 1. The van der Waals surface area contributed by atoms with Crippen LogP contribution in [0.5, 0.6) is 11.5 Å². The van der Waals surface area contributed by atoms with Crippen molar-refractivity contribution in [2.45, 2.75) is 4.90 Å². The first kappa shape index (κ1) is 17.3. The first-order valence-corrected chi connectivity index (χ1v) is 9.68. The van der Waals surface area contributed by atoms with E-state index in [1.165, 1.54) is 4.90 Å². The number of aromatic nitrogens is 2. The second kappa shape index (κ2) is 6.89. The molecule has 2 aromatic carbocycles. The Hall–Kier alpha value is -3.12. The predicted octanol–water partition coefficient (Wildman–Crippen LogP) is 4.63. The molecule has 0 aliphatic carbocycles. The average Bonchev–Trinajstić information content (AvgIpc) is 3.17. The van der Waals surface area contributed by atoms with Crippen LogP contribution in [0.3, 0.4) is 0 Å². The number of aryl methyl sites for hydroxylation is 1. The van der Waals surface area contributed by atoms with E-state index in [9.17, 15) is 4.79 Å². The highest BCUT2D eigenvalue weighted by atomic mass is 32.2. The smallest absolute Gasteiger partial charge is 0.274 e. The quantitative estimate of drug-likeness (QED) is 0.402. The Morgan fingerprint density at radius 1 is 1.07 bits per heavy atom. The molecule has 3 N–H and O–H groups in total. The Kier molecular flexibility index (Phi) is 4.41. The van der Waals surface area contributed by atoms with E-state index < -0.39 is 0 Å². The summed E-state index contributed by atoms with van der Waals surface area (Å²) in [5.74, 6) is 1.43. The largest absolute Gasteiger partial charge is 0.457 e. The number of rotatable bonds is 4. The lowest BCUT2D eigenvalue weighted by molar-refractivity contribution is 0.484. The molecule has 0 radical (unpaired) electrons. The maximum absolute atomic E-state index is 12.3. The van der Waals surface area contributed by atoms with E-state index in [-0.39, 0.29) is 5.56 Å². The van der Waals surface area contributed by atoms with Gasteiger partial charge in [-0.25, -0.2) is 0 Å². The van der Waals surface area contributed by atoms with Gasteiger partial charge in [0.1, 0.15) is 17.0 Å². The summed E-state index contributed by atoms with van der Waals surface area (Å²) in [6.45, 7) is 0. The molecule has 0 fully saturated rings. The number of thioether (sulfide) groups is 1. The number of nitrogens with one attached hydrogen (secondary N) is 1. The summed E-state index contributed by atoms with van der Waals surface area (Å²) in [6.07, 6.45) is 5.62. The van der Waals surface area contributed by atoms with Crippen LogP contribution in [0.2, 0.25) is 0 Å². The highest BCUT2D eigenvalue weighted by molar-refractivity contribution is 7.98. The van der Waals surface area contributed by atoms with E-state index in [1.54, 1.807) is 29.6 Å². The maximum Gasteiger partial charge on any atom is 0.274 e. The van der Waals surface area contributed by atoms with Crippen LogP contribution in [0, 0.1) is 0 Å². The van der Waals surface area contributed by atoms with Crippen molar-refractivity contribution < 1.29 is 4.74 Å². The van der Waals surface area contributed by atoms with Gasteiger partial charge in [-0.05, 0) is 54.8 Å². The molecule has 0 saturated heterocycles. The molecule has 0 aliphatic rings. The van der Waals surface area contributed by atoms with Crippen molar-refractivity contribution in [3.63, 3.8) is 0 Å². The molecule has 4 aromatic rings. The fourth-order valence-corrected chi connectivity index (χ4v) is 3.51. The van der Waals surface area contributed by atoms with Crippen molar-refractivity contribution in [2.75, 3.05) is 12.0 Å². The number of H-pyrrole nitrogens is 1. The Labute approximate surface area is 160 Å². The lowest BCUT2D eigenvalue weighted by Crippen LogP contribution is -2.16. The zero-order valence-corrected chi connectivity index (χ0v) is 15.8. The molecular weight excluding hydrogens is 358 g/mol. The van der Waals surface area contributed by atoms with Crippen molar-refractivity contribution in [1.82, 2.24) is 9.55 Å². The Bertz CT molecular complexity index is 1180. The molecule has 0 bridgehead atoms. The van der Waals surface area contributed by atoms with Crippen LogP contribution in [0.25, 0.3) is 22.0 Å². The van der Waals surface area contributed by atoms with Gasteiger partial charge < -0.3 is 20.0 Å². The summed E-state index contributed by atoms with van der Waals surface area (Å²) < 4.78 is 7.72. The predicted molar refractivity (Wildman–Crippen MR) is 112 cm³/mol. The lowest BCUT2D eigenvalue weighted by atomic mass is 10.0. The third-order valence-corrected chi connectivity index (χ3v) is 5.22. The minimum Gasteiger partial charge on any atom is -0.457 e. The molecule has 0 amide bonds. The number of pyridine rings is 1. The zero-order chi connectivity index (χ0) is 19.0. The number of nitrogens with two attached hydrogens (primary N) is 1. The number of nitrogens with zero attached hydrogens (tertiary/aromatic N) is 1. The zero-order valence-electron chi connectivity index (χ0n) is 15.0. The first-order chi connectivity index (χ1) is 13.1. The summed E-state index contributed by atoms with van der Waals surface area (Å²) in [5, 5.41) is 0.839. The summed E-state index contributed by atoms with van der Waals surface area (Å²) in [4.78, 5) is 16.6. The molecule has 27 heavy (non-hydrogen) atoms. The van der Waals surface area contributed by atoms with Crippen LogP contribution < -0.4 is 16.0 Å². The summed E-state index contributed by atoms with van der Waals surface area (Å²) in [6, 6.07) is 15.4. The summed E-state index contributed by atoms with van der Waals surface area (Å²) in [7, 11) is 1.74. The SMILES string of the molecule is CSc1ccc(Oc2ccc(N)cc2-c2cn(C)c(=O)c3[nH]ccc23)cc1. The van der Waals surface area contributed by atoms with Crippen molar-refractivity contribution in [3.8, 4) is 22.6 Å². The van der Waals surface area contributed by atoms with E-state index in [1.807, 2.05) is 61.0 Å². The van der Waals surface area contributed by atoms with Crippen LogP contribution >= 0.6 is 11.8 Å². The van der Waals surface area contributed by atoms with Gasteiger partial charge in [-0.2, -0.15) is 0 Å². The van der Waals surface area contributed by atoms with Crippen molar-refractivity contribution in [1.29, 1.82) is 0 Å². The second-order valence-electron chi connectivity index (χ2n) is 6.26. The van der Waals surface area contributed by atoms with Crippen LogP contribution in [-0.2, 0) is 7.05 Å². The molecule has 2 aromatic heterocycles. The van der Waals surface area contributed by atoms with E-state index in [0.717, 1.165) is 22.3 Å². The molecule has 0 saturated carbocycles. The van der Waals surface area contributed by atoms with Gasteiger partial charge in [0, 0.05) is 46.5 Å². The molecule has 0 atom stereocenters. The second-order valence-corrected chi connectivity index (χ2v) is 7.14. The number of nitrogen functional groups attached to an aromatic ring is 1. The van der Waals surface area contributed by atoms with Gasteiger partial charge in [0.15, 0.2) is 0 Å². The fourth-order valence-electron chi connectivity index (χ4n) is 3.10. The molecule has 0 aliphatic heterocycles. The number of hydrogen-bond acceptors (Lipinski definition) is 4. The number of anilines is 1. The van der Waals surface area contributed by atoms with Gasteiger partial charge in [0.25, 0.3) is 5.56 Å². The van der Waals surface area contributed by atoms with Gasteiger partial charge in [0.2, 0.25) is 0 Å². The third kappa shape index (κ3) is 3.19. The molecule has 4 rings (SSSR count). The lowest BCUT2D eigenvalue weighted by Gasteiger charge is -2.14. The van der Waals surface area contributed by atoms with Crippen LogP contribution in [0.15, 0.2) is 70.6 Å². The minimum atomic E-state index is -0.0715. The molecular formula is C21H19N3O2S. The first-order valence-electron chi connectivity index (χ1n) is 8.45. The topological polar surface area (TPSA) is 73.0 Å². The third-order valence-electron chi connectivity index (χ3n) is 4.48. The van der Waals surface area contributed by atoms with Crippen LogP contribution in [-0.4, -0.2) is 15.8 Å². The van der Waals surface area contributed by atoms with E-state index in [0.29, 0.717) is 17.0 Å². The molecule has 0 unspecified atom stereocenters. The Balaban J connectivity index is 1.86. The van der Waals surface area contributed by atoms with Crippen LogP contribution in [0.4, 0.5) is 5.69 Å². The highest BCUT2D eigenvalue weighted by Gasteiger charge is 2.15. The molecule has 2 heterocycles. The van der Waals surface area contributed by atoms with Crippen molar-refractivity contribution >= 4 is 28.4 Å². The van der Waals surface area contributed by atoms with E-state index in [4.69, 9.17) is 10.5 Å². The number of fused-ring (bicyclic) bond motifs is 1. The number of hydrogen-bond donors (Lipinski definition) is 2. The number of aromatic amines is 1. The van der Waals surface area contributed by atoms with Crippen molar-refractivity contribution in [3.05, 3.63) is 71.3 Å². The van der Waals surface area contributed by atoms with Gasteiger partial charge in [-0.3, -0.25) is 4.79 Å². The summed E-state index contributed by atoms with van der Waals surface area (Å²) in [5.41, 5.74) is 8.89. The maximum atomic E-state index is 12.3. The standard InChI is InChI=1S/C21H19N3O2S/c1-24-12-18(16-9-10-23-20(16)21(24)25)17-11-13(22)3-8-19(17)26-14-4-6-15(27-2)7-5-14/h3-12,23H,22H2,1-2H3. The van der Waals surface area contributed by atoms with Gasteiger partial charge in [0.05, 0.1) is 0 Å². The van der Waals surface area contributed by atoms with E-state index >= 15 is 0 Å². The average molecular weight is 377 g/mol. The van der Waals surface area contributed by atoms with Gasteiger partial charge in [-0.15, -0.1) is 11.8 Å². The molecule has 5 nitrogen and oxygen atoms in total. The minimum absolute atomic E-state index is 0.0715. The van der Waals surface area contributed by atoms with Gasteiger partial charge >= 0.3 is 0 Å². The van der Waals surface area contributed by atoms with Crippen LogP contribution in [0.1, 0.15) is 0 Å².